The number of nitrogens with one attached hydrogen (secondary N) is 1. The van der Waals surface area contributed by atoms with Gasteiger partial charge in [-0.1, -0.05) is 36.4 Å². The number of hydrogen-bond donors (Lipinski definition) is 2. The molecule has 0 saturated carbocycles. The van der Waals surface area contributed by atoms with Gasteiger partial charge in [-0.15, -0.1) is 4.40 Å². The molecule has 5 rings (SSSR count). The van der Waals surface area contributed by atoms with Crippen LogP contribution in [0.1, 0.15) is 28.8 Å². The van der Waals surface area contributed by atoms with Crippen LogP contribution in [0.4, 0.5) is 5.69 Å². The molecule has 1 saturated heterocycles. The standard InChI is InChI=1S/C25H25N5O4S/c26-24-23-20(28-35(32,33)29-24)9-4-10-22(23)34-16-17-6-5-13-30(15-17)25(31)19-11-12-27-21(14-19)18-7-2-1-3-8-18/h1-4,7-12,14,17,28H,5-6,13,15-16H2,(H2,26,29)/t17-/m0/s1. The van der Waals surface area contributed by atoms with Crippen LogP contribution in [0.5, 0.6) is 5.75 Å². The monoisotopic (exact) mass is 491 g/mol. The Bertz CT molecular complexity index is 1390. The number of amides is 1. The van der Waals surface area contributed by atoms with E-state index < -0.39 is 10.2 Å². The molecule has 2 aliphatic rings. The number of benzene rings is 2. The van der Waals surface area contributed by atoms with Crippen LogP contribution in [0, 0.1) is 5.92 Å². The molecule has 35 heavy (non-hydrogen) atoms. The zero-order valence-corrected chi connectivity index (χ0v) is 19.7. The minimum Gasteiger partial charge on any atom is -0.492 e. The lowest BCUT2D eigenvalue weighted by Gasteiger charge is -2.33. The van der Waals surface area contributed by atoms with Crippen molar-refractivity contribution in [1.29, 1.82) is 0 Å². The summed E-state index contributed by atoms with van der Waals surface area (Å²) in [5, 5.41) is 0. The number of carbonyl (C=O) groups excluding carboxylic acids is 1. The average Bonchev–Trinajstić information content (AvgIpc) is 2.87. The number of nitrogens with zero attached hydrogens (tertiary/aromatic N) is 3. The summed E-state index contributed by atoms with van der Waals surface area (Å²) in [5.74, 6) is 0.438. The number of amidine groups is 1. The van der Waals surface area contributed by atoms with Gasteiger partial charge in [0, 0.05) is 36.3 Å². The summed E-state index contributed by atoms with van der Waals surface area (Å²) in [4.78, 5) is 19.5. The molecule has 3 aromatic rings. The van der Waals surface area contributed by atoms with Crippen molar-refractivity contribution in [3.63, 3.8) is 0 Å². The van der Waals surface area contributed by atoms with Gasteiger partial charge in [0.25, 0.3) is 5.91 Å². The Labute approximate surface area is 203 Å². The summed E-state index contributed by atoms with van der Waals surface area (Å²) in [5.41, 5.74) is 9.00. The van der Waals surface area contributed by atoms with E-state index in [-0.39, 0.29) is 17.7 Å². The van der Waals surface area contributed by atoms with Crippen LogP contribution in [0.15, 0.2) is 71.3 Å². The highest BCUT2D eigenvalue weighted by atomic mass is 32.2. The fourth-order valence-electron chi connectivity index (χ4n) is 4.44. The second-order valence-corrected chi connectivity index (χ2v) is 9.94. The quantitative estimate of drug-likeness (QED) is 0.565. The number of piperidine rings is 1. The zero-order chi connectivity index (χ0) is 24.4. The maximum atomic E-state index is 13.3. The summed E-state index contributed by atoms with van der Waals surface area (Å²) in [6.45, 7) is 1.61. The molecule has 1 fully saturated rings. The van der Waals surface area contributed by atoms with Gasteiger partial charge in [-0.25, -0.2) is 0 Å². The number of fused-ring (bicyclic) bond motifs is 1. The van der Waals surface area contributed by atoms with Gasteiger partial charge in [0.05, 0.1) is 23.6 Å². The number of carbonyl (C=O) groups is 1. The molecule has 2 aliphatic heterocycles. The molecular weight excluding hydrogens is 466 g/mol. The molecular formula is C25H25N5O4S. The predicted octanol–water partition coefficient (Wildman–Crippen LogP) is 3.06. The summed E-state index contributed by atoms with van der Waals surface area (Å²) >= 11 is 0. The number of nitrogens with two attached hydrogens (primary N) is 1. The van der Waals surface area contributed by atoms with E-state index in [0.717, 1.165) is 24.1 Å². The van der Waals surface area contributed by atoms with Crippen molar-refractivity contribution in [2.24, 2.45) is 16.0 Å². The molecule has 0 radical (unpaired) electrons. The molecule has 1 amide bonds. The third kappa shape index (κ3) is 4.97. The third-order valence-corrected chi connectivity index (χ3v) is 7.01. The van der Waals surface area contributed by atoms with Gasteiger partial charge in [-0.05, 0) is 37.1 Å². The molecule has 3 heterocycles. The Kier molecular flexibility index (Phi) is 6.12. The second-order valence-electron chi connectivity index (χ2n) is 8.60. The predicted molar refractivity (Wildman–Crippen MR) is 134 cm³/mol. The van der Waals surface area contributed by atoms with Gasteiger partial charge in [-0.2, -0.15) is 8.42 Å². The number of anilines is 1. The van der Waals surface area contributed by atoms with Crippen molar-refractivity contribution < 1.29 is 17.9 Å². The Morgan fingerprint density at radius 3 is 2.80 bits per heavy atom. The molecule has 9 nitrogen and oxygen atoms in total. The van der Waals surface area contributed by atoms with Crippen LogP contribution in [-0.4, -0.2) is 49.7 Å². The first-order chi connectivity index (χ1) is 16.9. The fraction of sp³-hybridized carbons (Fsp3) is 0.240. The summed E-state index contributed by atoms with van der Waals surface area (Å²) in [6, 6.07) is 18.4. The van der Waals surface area contributed by atoms with E-state index in [2.05, 4.69) is 14.1 Å². The summed E-state index contributed by atoms with van der Waals surface area (Å²) in [6.07, 6.45) is 3.45. The zero-order valence-electron chi connectivity index (χ0n) is 18.9. The van der Waals surface area contributed by atoms with Gasteiger partial charge < -0.3 is 15.4 Å². The molecule has 0 unspecified atom stereocenters. The van der Waals surface area contributed by atoms with Crippen molar-refractivity contribution in [1.82, 2.24) is 9.88 Å². The number of likely N-dealkylation sites (tertiary alicyclic amines) is 1. The average molecular weight is 492 g/mol. The van der Waals surface area contributed by atoms with E-state index in [1.54, 1.807) is 30.5 Å². The highest BCUT2D eigenvalue weighted by Gasteiger charge is 2.27. The van der Waals surface area contributed by atoms with Crippen molar-refractivity contribution in [2.45, 2.75) is 12.8 Å². The van der Waals surface area contributed by atoms with Gasteiger partial charge in [-0.3, -0.25) is 14.5 Å². The smallest absolute Gasteiger partial charge is 0.344 e. The van der Waals surface area contributed by atoms with Gasteiger partial charge in [0.1, 0.15) is 5.75 Å². The van der Waals surface area contributed by atoms with E-state index in [0.29, 0.717) is 42.3 Å². The first-order valence-corrected chi connectivity index (χ1v) is 12.8. The van der Waals surface area contributed by atoms with Crippen LogP contribution in [0.25, 0.3) is 11.3 Å². The second kappa shape index (κ2) is 9.38. The summed E-state index contributed by atoms with van der Waals surface area (Å²) < 4.78 is 35.5. The number of hydrogen-bond acceptors (Lipinski definition) is 6. The Hall–Kier alpha value is -3.92. The molecule has 0 aliphatic carbocycles. The molecule has 180 valence electrons. The van der Waals surface area contributed by atoms with Gasteiger partial charge >= 0.3 is 10.2 Å². The lowest BCUT2D eigenvalue weighted by atomic mass is 9.98. The Morgan fingerprint density at radius 2 is 1.97 bits per heavy atom. The molecule has 0 spiro atoms. The Balaban J connectivity index is 1.27. The molecule has 1 aromatic heterocycles. The van der Waals surface area contributed by atoms with E-state index in [1.807, 2.05) is 41.3 Å². The molecule has 2 aromatic carbocycles. The lowest BCUT2D eigenvalue weighted by molar-refractivity contribution is 0.0633. The van der Waals surface area contributed by atoms with Crippen LogP contribution in [-0.2, 0) is 10.2 Å². The minimum atomic E-state index is -3.85. The van der Waals surface area contributed by atoms with E-state index >= 15 is 0 Å². The maximum absolute atomic E-state index is 13.3. The van der Waals surface area contributed by atoms with Crippen molar-refractivity contribution in [2.75, 3.05) is 24.4 Å². The first-order valence-electron chi connectivity index (χ1n) is 11.3. The highest BCUT2D eigenvalue weighted by molar-refractivity contribution is 7.91. The number of rotatable bonds is 5. The van der Waals surface area contributed by atoms with Crippen LogP contribution < -0.4 is 15.2 Å². The van der Waals surface area contributed by atoms with Crippen LogP contribution >= 0.6 is 0 Å². The van der Waals surface area contributed by atoms with Crippen molar-refractivity contribution in [3.05, 3.63) is 78.0 Å². The topological polar surface area (TPSA) is 127 Å². The minimum absolute atomic E-state index is 0.0304. The van der Waals surface area contributed by atoms with E-state index in [4.69, 9.17) is 10.5 Å². The largest absolute Gasteiger partial charge is 0.492 e. The molecule has 10 heteroatoms. The number of aromatic nitrogens is 1. The summed E-state index contributed by atoms with van der Waals surface area (Å²) in [7, 11) is -3.85. The van der Waals surface area contributed by atoms with Gasteiger partial charge in [0.2, 0.25) is 0 Å². The highest BCUT2D eigenvalue weighted by Crippen LogP contribution is 2.31. The van der Waals surface area contributed by atoms with Gasteiger partial charge in [0.15, 0.2) is 5.84 Å². The van der Waals surface area contributed by atoms with Crippen molar-refractivity contribution in [3.8, 4) is 17.0 Å². The lowest BCUT2D eigenvalue weighted by Crippen LogP contribution is -2.41. The molecule has 1 atom stereocenters. The normalized spacial score (nSPS) is 18.7. The van der Waals surface area contributed by atoms with E-state index in [1.165, 1.54) is 0 Å². The van der Waals surface area contributed by atoms with E-state index in [9.17, 15) is 13.2 Å². The third-order valence-electron chi connectivity index (χ3n) is 6.10. The van der Waals surface area contributed by atoms with Crippen LogP contribution in [0.2, 0.25) is 0 Å². The van der Waals surface area contributed by atoms with Crippen molar-refractivity contribution >= 4 is 27.6 Å². The first kappa shape index (κ1) is 22.9. The fourth-order valence-corrected chi connectivity index (χ4v) is 5.29. The Morgan fingerprint density at radius 1 is 1.14 bits per heavy atom. The maximum Gasteiger partial charge on any atom is 0.344 e. The number of ether oxygens (including phenoxy) is 1. The van der Waals surface area contributed by atoms with Crippen LogP contribution in [0.3, 0.4) is 0 Å². The molecule has 0 bridgehead atoms. The SMILES string of the molecule is NC1=NS(=O)(=O)Nc2cccc(OC[C@H]3CCCN(C(=O)c4ccnc(-c5ccccc5)c4)C3)c21. The molecule has 3 N–H and O–H groups in total. The number of pyridine rings is 1.